The monoisotopic (exact) mass is 282 g/mol. The molecule has 5 heteroatoms. The average molecular weight is 283 g/mol. The smallest absolute Gasteiger partial charge is 0.245 e. The van der Waals surface area contributed by atoms with Crippen LogP contribution < -0.4 is 11.1 Å². The SMILES string of the molecule is COC1CCCCC1(Nc1ccccc1Cl)C(N)=O. The Hall–Kier alpha value is -1.26. The van der Waals surface area contributed by atoms with Crippen molar-refractivity contribution in [2.24, 2.45) is 5.73 Å². The lowest BCUT2D eigenvalue weighted by atomic mass is 9.78. The molecule has 0 spiro atoms. The van der Waals surface area contributed by atoms with Gasteiger partial charge in [0.25, 0.3) is 0 Å². The van der Waals surface area contributed by atoms with Gasteiger partial charge in [-0.3, -0.25) is 4.79 Å². The molecule has 3 N–H and O–H groups in total. The number of rotatable bonds is 4. The highest BCUT2D eigenvalue weighted by molar-refractivity contribution is 6.33. The highest BCUT2D eigenvalue weighted by atomic mass is 35.5. The van der Waals surface area contributed by atoms with Crippen molar-refractivity contribution in [1.82, 2.24) is 0 Å². The van der Waals surface area contributed by atoms with Gasteiger partial charge in [0.1, 0.15) is 5.54 Å². The van der Waals surface area contributed by atoms with Crippen molar-refractivity contribution >= 4 is 23.2 Å². The molecule has 0 saturated heterocycles. The summed E-state index contributed by atoms with van der Waals surface area (Å²) in [6.45, 7) is 0. The van der Waals surface area contributed by atoms with Crippen molar-refractivity contribution in [3.8, 4) is 0 Å². The molecule has 2 unspecified atom stereocenters. The number of carbonyl (C=O) groups is 1. The predicted octanol–water partition coefficient (Wildman–Crippen LogP) is 2.56. The maximum Gasteiger partial charge on any atom is 0.245 e. The highest BCUT2D eigenvalue weighted by Gasteiger charge is 2.46. The van der Waals surface area contributed by atoms with Gasteiger partial charge in [0.05, 0.1) is 16.8 Å². The summed E-state index contributed by atoms with van der Waals surface area (Å²) in [5.74, 6) is -0.390. The molecule has 19 heavy (non-hydrogen) atoms. The first kappa shape index (κ1) is 14.2. The van der Waals surface area contributed by atoms with Gasteiger partial charge in [-0.15, -0.1) is 0 Å². The maximum atomic E-state index is 12.0. The Kier molecular flexibility index (Phi) is 4.32. The Morgan fingerprint density at radius 1 is 1.47 bits per heavy atom. The second-order valence-corrected chi connectivity index (χ2v) is 5.32. The molecule has 0 aliphatic heterocycles. The summed E-state index contributed by atoms with van der Waals surface area (Å²) in [6.07, 6.45) is 3.23. The third-order valence-electron chi connectivity index (χ3n) is 3.79. The molecule has 0 bridgehead atoms. The van der Waals surface area contributed by atoms with Crippen molar-refractivity contribution in [3.05, 3.63) is 29.3 Å². The maximum absolute atomic E-state index is 12.0. The van der Waals surface area contributed by atoms with Crippen LogP contribution in [0.15, 0.2) is 24.3 Å². The lowest BCUT2D eigenvalue weighted by molar-refractivity contribution is -0.129. The van der Waals surface area contributed by atoms with Gasteiger partial charge in [-0.25, -0.2) is 0 Å². The molecular formula is C14H19ClN2O2. The molecule has 0 heterocycles. The van der Waals surface area contributed by atoms with Crippen molar-refractivity contribution < 1.29 is 9.53 Å². The molecule has 104 valence electrons. The minimum atomic E-state index is -0.877. The first-order valence-electron chi connectivity index (χ1n) is 6.45. The minimum absolute atomic E-state index is 0.227. The van der Waals surface area contributed by atoms with Gasteiger partial charge in [0.2, 0.25) is 5.91 Å². The molecule has 1 fully saturated rings. The normalized spacial score (nSPS) is 26.9. The highest BCUT2D eigenvalue weighted by Crippen LogP contribution is 2.35. The van der Waals surface area contributed by atoms with E-state index in [1.807, 2.05) is 18.2 Å². The number of anilines is 1. The molecule has 2 rings (SSSR count). The summed E-state index contributed by atoms with van der Waals surface area (Å²) in [5, 5.41) is 3.80. The summed E-state index contributed by atoms with van der Waals surface area (Å²) in [5.41, 5.74) is 5.48. The predicted molar refractivity (Wildman–Crippen MR) is 76.3 cm³/mol. The lowest BCUT2D eigenvalue weighted by Gasteiger charge is -2.42. The number of amides is 1. The molecule has 0 aromatic heterocycles. The summed E-state index contributed by atoms with van der Waals surface area (Å²) < 4.78 is 5.47. The Bertz CT molecular complexity index is 467. The van der Waals surface area contributed by atoms with Crippen LogP contribution >= 0.6 is 11.6 Å². The second kappa shape index (κ2) is 5.80. The van der Waals surface area contributed by atoms with E-state index in [0.717, 1.165) is 19.3 Å². The van der Waals surface area contributed by atoms with Crippen LogP contribution in [0.2, 0.25) is 5.02 Å². The van der Waals surface area contributed by atoms with E-state index in [0.29, 0.717) is 17.1 Å². The zero-order valence-corrected chi connectivity index (χ0v) is 11.7. The van der Waals surface area contributed by atoms with Crippen LogP contribution in [0.3, 0.4) is 0 Å². The number of ether oxygens (including phenoxy) is 1. The Balaban J connectivity index is 2.34. The van der Waals surface area contributed by atoms with Crippen molar-refractivity contribution in [3.63, 3.8) is 0 Å². The van der Waals surface area contributed by atoms with E-state index in [1.54, 1.807) is 13.2 Å². The van der Waals surface area contributed by atoms with Gasteiger partial charge in [-0.2, -0.15) is 0 Å². The molecule has 1 aromatic rings. The van der Waals surface area contributed by atoms with E-state index in [1.165, 1.54) is 0 Å². The molecule has 1 aliphatic carbocycles. The van der Waals surface area contributed by atoms with Crippen LogP contribution in [0.5, 0.6) is 0 Å². The van der Waals surface area contributed by atoms with E-state index >= 15 is 0 Å². The largest absolute Gasteiger partial charge is 0.378 e. The van der Waals surface area contributed by atoms with Crippen LogP contribution in [0, 0.1) is 0 Å². The van der Waals surface area contributed by atoms with Crippen molar-refractivity contribution in [2.45, 2.75) is 37.3 Å². The molecule has 1 aromatic carbocycles. The van der Waals surface area contributed by atoms with Crippen LogP contribution in [0.1, 0.15) is 25.7 Å². The topological polar surface area (TPSA) is 64.3 Å². The fraction of sp³-hybridized carbons (Fsp3) is 0.500. The van der Waals surface area contributed by atoms with Crippen molar-refractivity contribution in [1.29, 1.82) is 0 Å². The standard InChI is InChI=1S/C14H19ClN2O2/c1-19-12-8-4-5-9-14(12,13(16)18)17-11-7-3-2-6-10(11)15/h2-3,6-7,12,17H,4-5,8-9H2,1H3,(H2,16,18). The van der Waals surface area contributed by atoms with Crippen molar-refractivity contribution in [2.75, 3.05) is 12.4 Å². The number of primary amides is 1. The van der Waals surface area contributed by atoms with Gasteiger partial charge >= 0.3 is 0 Å². The molecule has 1 aliphatic rings. The first-order valence-corrected chi connectivity index (χ1v) is 6.83. The van der Waals surface area contributed by atoms with Gasteiger partial charge in [0.15, 0.2) is 0 Å². The third-order valence-corrected chi connectivity index (χ3v) is 4.12. The van der Waals surface area contributed by atoms with E-state index in [9.17, 15) is 4.79 Å². The van der Waals surface area contributed by atoms with Gasteiger partial charge < -0.3 is 15.8 Å². The van der Waals surface area contributed by atoms with E-state index in [2.05, 4.69) is 5.32 Å². The number of methoxy groups -OCH3 is 1. The second-order valence-electron chi connectivity index (χ2n) is 4.91. The number of hydrogen-bond acceptors (Lipinski definition) is 3. The molecule has 2 atom stereocenters. The van der Waals surface area contributed by atoms with Crippen LogP contribution in [0.25, 0.3) is 0 Å². The van der Waals surface area contributed by atoms with Crippen LogP contribution in [-0.4, -0.2) is 24.7 Å². The summed E-state index contributed by atoms with van der Waals surface area (Å²) in [7, 11) is 1.61. The number of nitrogens with two attached hydrogens (primary N) is 1. The number of carbonyl (C=O) groups excluding carboxylic acids is 1. The fourth-order valence-corrected chi connectivity index (χ4v) is 2.93. The fourth-order valence-electron chi connectivity index (χ4n) is 2.75. The number of halogens is 1. The summed E-state index contributed by atoms with van der Waals surface area (Å²) >= 11 is 6.15. The number of nitrogens with one attached hydrogen (secondary N) is 1. The third kappa shape index (κ3) is 2.69. The lowest BCUT2D eigenvalue weighted by Crippen LogP contribution is -2.60. The molecule has 1 amide bonds. The Morgan fingerprint density at radius 2 is 2.21 bits per heavy atom. The van der Waals surface area contributed by atoms with Crippen LogP contribution in [0.4, 0.5) is 5.69 Å². The average Bonchev–Trinajstić information content (AvgIpc) is 2.41. The van der Waals surface area contributed by atoms with E-state index < -0.39 is 5.54 Å². The first-order chi connectivity index (χ1) is 9.10. The zero-order chi connectivity index (χ0) is 13.9. The number of benzene rings is 1. The number of hydrogen-bond donors (Lipinski definition) is 2. The summed E-state index contributed by atoms with van der Waals surface area (Å²) in [4.78, 5) is 12.0. The van der Waals surface area contributed by atoms with Gasteiger partial charge in [-0.1, -0.05) is 36.6 Å². The van der Waals surface area contributed by atoms with Gasteiger partial charge in [-0.05, 0) is 25.0 Å². The van der Waals surface area contributed by atoms with Gasteiger partial charge in [0, 0.05) is 7.11 Å². The molecule has 1 saturated carbocycles. The Morgan fingerprint density at radius 3 is 2.84 bits per heavy atom. The summed E-state index contributed by atoms with van der Waals surface area (Å²) in [6, 6.07) is 7.34. The molecular weight excluding hydrogens is 264 g/mol. The van der Waals surface area contributed by atoms with Crippen LogP contribution in [-0.2, 0) is 9.53 Å². The van der Waals surface area contributed by atoms with E-state index in [-0.39, 0.29) is 12.0 Å². The molecule has 4 nitrogen and oxygen atoms in total. The minimum Gasteiger partial charge on any atom is -0.378 e. The zero-order valence-electron chi connectivity index (χ0n) is 11.0. The van der Waals surface area contributed by atoms with E-state index in [4.69, 9.17) is 22.1 Å². The number of para-hydroxylation sites is 1. The quantitative estimate of drug-likeness (QED) is 0.892. The molecule has 0 radical (unpaired) electrons. The Labute approximate surface area is 118 Å².